The predicted octanol–water partition coefficient (Wildman–Crippen LogP) is 6.99. The van der Waals surface area contributed by atoms with Crippen LogP contribution in [0.5, 0.6) is 0 Å². The van der Waals surface area contributed by atoms with E-state index >= 15 is 0 Å². The van der Waals surface area contributed by atoms with Gasteiger partial charge in [-0.05, 0) is 69.1 Å². The van der Waals surface area contributed by atoms with Gasteiger partial charge in [-0.25, -0.2) is 0 Å². The molecule has 0 aliphatic heterocycles. The van der Waals surface area contributed by atoms with Gasteiger partial charge in [-0.1, -0.05) is 87.9 Å². The number of benzene rings is 1. The number of unbranched alkanes of at least 4 members (excludes halogenated alkanes) is 5. The average molecular weight is 457 g/mol. The maximum absolute atomic E-state index is 10.3. The smallest absolute Gasteiger partial charge is 0.0627 e. The molecular formula is C30H48O3. The van der Waals surface area contributed by atoms with Crippen molar-refractivity contribution in [3.63, 3.8) is 0 Å². The number of rotatable bonds is 13. The molecule has 0 radical (unpaired) electrons. The molecular weight excluding hydrogens is 408 g/mol. The number of hydrogen-bond donors (Lipinski definition) is 3. The van der Waals surface area contributed by atoms with E-state index in [1.165, 1.54) is 42.4 Å². The van der Waals surface area contributed by atoms with E-state index in [4.69, 9.17) is 0 Å². The van der Waals surface area contributed by atoms with Gasteiger partial charge in [0.1, 0.15) is 0 Å². The van der Waals surface area contributed by atoms with E-state index < -0.39 is 17.8 Å². The third kappa shape index (κ3) is 10.6. The predicted molar refractivity (Wildman–Crippen MR) is 140 cm³/mol. The summed E-state index contributed by atoms with van der Waals surface area (Å²) in [5.74, 6) is 0.0984. The standard InChI is InChI=1S/C30H48O3/c1-5-6-7-10-15-25(17-18-26-21-28(31)22-29(32)23(26)2)27-16-12-14-24(20-27)13-9-8-11-19-30(3,4)33/h12,14,16-18,20,23,28-29,31-33H,5-11,13,15,19,21-22H2,1-4H3/b25-17+,26-18-/t23?,28-,29?/m1/s1. The first-order valence-corrected chi connectivity index (χ1v) is 13.3. The molecule has 0 aromatic heterocycles. The molecule has 0 heterocycles. The van der Waals surface area contributed by atoms with Crippen LogP contribution >= 0.6 is 0 Å². The summed E-state index contributed by atoms with van der Waals surface area (Å²) in [4.78, 5) is 0. The van der Waals surface area contributed by atoms with Crippen LogP contribution in [-0.4, -0.2) is 33.1 Å². The summed E-state index contributed by atoms with van der Waals surface area (Å²) >= 11 is 0. The number of hydrogen-bond acceptors (Lipinski definition) is 3. The minimum absolute atomic E-state index is 0.0984. The molecule has 0 spiro atoms. The van der Waals surface area contributed by atoms with Crippen LogP contribution in [0.25, 0.3) is 5.57 Å². The first-order valence-electron chi connectivity index (χ1n) is 13.3. The van der Waals surface area contributed by atoms with Crippen LogP contribution in [0.3, 0.4) is 0 Å². The summed E-state index contributed by atoms with van der Waals surface area (Å²) in [6.07, 6.45) is 15.9. The zero-order valence-corrected chi connectivity index (χ0v) is 21.5. The monoisotopic (exact) mass is 456 g/mol. The van der Waals surface area contributed by atoms with Crippen molar-refractivity contribution in [3.05, 3.63) is 53.1 Å². The average Bonchev–Trinajstić information content (AvgIpc) is 2.75. The summed E-state index contributed by atoms with van der Waals surface area (Å²) in [7, 11) is 0. The summed E-state index contributed by atoms with van der Waals surface area (Å²) < 4.78 is 0. The molecule has 0 saturated heterocycles. The lowest BCUT2D eigenvalue weighted by Gasteiger charge is -2.30. The van der Waals surface area contributed by atoms with Gasteiger partial charge >= 0.3 is 0 Å². The largest absolute Gasteiger partial charge is 0.393 e. The third-order valence-corrected chi connectivity index (χ3v) is 7.00. The van der Waals surface area contributed by atoms with Crippen molar-refractivity contribution in [3.8, 4) is 0 Å². The van der Waals surface area contributed by atoms with Crippen molar-refractivity contribution < 1.29 is 15.3 Å². The maximum atomic E-state index is 10.3. The molecule has 2 rings (SSSR count). The van der Waals surface area contributed by atoms with E-state index in [2.05, 4.69) is 50.3 Å². The fourth-order valence-electron chi connectivity index (χ4n) is 4.75. The summed E-state index contributed by atoms with van der Waals surface area (Å²) in [5.41, 5.74) is 4.61. The van der Waals surface area contributed by atoms with Crippen LogP contribution < -0.4 is 0 Å². The van der Waals surface area contributed by atoms with E-state index in [0.717, 1.165) is 44.1 Å². The van der Waals surface area contributed by atoms with Gasteiger partial charge in [0.2, 0.25) is 0 Å². The summed E-state index contributed by atoms with van der Waals surface area (Å²) in [6.45, 7) is 8.08. The summed E-state index contributed by atoms with van der Waals surface area (Å²) in [6, 6.07) is 8.96. The van der Waals surface area contributed by atoms with Gasteiger partial charge in [0.15, 0.2) is 0 Å². The molecule has 3 heteroatoms. The zero-order valence-electron chi connectivity index (χ0n) is 21.5. The second-order valence-corrected chi connectivity index (χ2v) is 10.8. The second kappa shape index (κ2) is 14.1. The highest BCUT2D eigenvalue weighted by Crippen LogP contribution is 2.31. The van der Waals surface area contributed by atoms with Crippen molar-refractivity contribution in [1.29, 1.82) is 0 Å². The van der Waals surface area contributed by atoms with E-state index in [-0.39, 0.29) is 5.92 Å². The zero-order chi connectivity index (χ0) is 24.3. The Morgan fingerprint density at radius 3 is 2.55 bits per heavy atom. The van der Waals surface area contributed by atoms with Crippen molar-refractivity contribution in [1.82, 2.24) is 0 Å². The molecule has 3 atom stereocenters. The van der Waals surface area contributed by atoms with E-state index in [1.807, 2.05) is 13.8 Å². The number of aliphatic hydroxyl groups is 3. The van der Waals surface area contributed by atoms with Crippen molar-refractivity contribution in [2.75, 3.05) is 0 Å². The molecule has 3 nitrogen and oxygen atoms in total. The number of aryl methyl sites for hydroxylation is 1. The minimum Gasteiger partial charge on any atom is -0.393 e. The van der Waals surface area contributed by atoms with Gasteiger partial charge in [-0.15, -0.1) is 0 Å². The quantitative estimate of drug-likeness (QED) is 0.280. The van der Waals surface area contributed by atoms with Crippen LogP contribution in [-0.2, 0) is 6.42 Å². The maximum Gasteiger partial charge on any atom is 0.0627 e. The molecule has 1 fully saturated rings. The van der Waals surface area contributed by atoms with Gasteiger partial charge in [0.25, 0.3) is 0 Å². The Kier molecular flexibility index (Phi) is 11.9. The first kappa shape index (κ1) is 27.8. The molecule has 1 aromatic rings. The van der Waals surface area contributed by atoms with E-state index in [1.54, 1.807) is 0 Å². The van der Waals surface area contributed by atoms with Crippen LogP contribution in [0.1, 0.15) is 109 Å². The van der Waals surface area contributed by atoms with Gasteiger partial charge in [-0.2, -0.15) is 0 Å². The Balaban J connectivity index is 2.10. The van der Waals surface area contributed by atoms with Gasteiger partial charge < -0.3 is 15.3 Å². The van der Waals surface area contributed by atoms with Crippen molar-refractivity contribution in [2.45, 2.75) is 123 Å². The number of allylic oxidation sites excluding steroid dienone is 3. The highest BCUT2D eigenvalue weighted by atomic mass is 16.3. The van der Waals surface area contributed by atoms with E-state index in [9.17, 15) is 15.3 Å². The van der Waals surface area contributed by atoms with Crippen molar-refractivity contribution >= 4 is 5.57 Å². The Labute approximate surface area is 202 Å². The topological polar surface area (TPSA) is 60.7 Å². The Bertz CT molecular complexity index is 756. The van der Waals surface area contributed by atoms with Crippen LogP contribution in [0, 0.1) is 5.92 Å². The Hall–Kier alpha value is -1.42. The summed E-state index contributed by atoms with van der Waals surface area (Å²) in [5, 5.41) is 30.3. The van der Waals surface area contributed by atoms with Gasteiger partial charge in [0, 0.05) is 12.3 Å². The SMILES string of the molecule is CCCCCC/C(=C\C=C1\C[C@@H](O)CC(O)C1C)c1cccc(CCCCCC(C)(C)O)c1. The molecule has 1 aliphatic rings. The Morgan fingerprint density at radius 2 is 1.82 bits per heavy atom. The van der Waals surface area contributed by atoms with Crippen molar-refractivity contribution in [2.24, 2.45) is 5.92 Å². The highest BCUT2D eigenvalue weighted by molar-refractivity contribution is 5.67. The molecule has 1 aromatic carbocycles. The lowest BCUT2D eigenvalue weighted by molar-refractivity contribution is 0.0333. The van der Waals surface area contributed by atoms with Crippen LogP contribution in [0.15, 0.2) is 42.0 Å². The van der Waals surface area contributed by atoms with Crippen LogP contribution in [0.4, 0.5) is 0 Å². The van der Waals surface area contributed by atoms with E-state index in [0.29, 0.717) is 12.8 Å². The van der Waals surface area contributed by atoms with Gasteiger partial charge in [-0.3, -0.25) is 0 Å². The van der Waals surface area contributed by atoms with Crippen LogP contribution in [0.2, 0.25) is 0 Å². The first-order chi connectivity index (χ1) is 15.7. The normalized spacial score (nSPS) is 23.3. The number of aliphatic hydroxyl groups excluding tert-OH is 2. The second-order valence-electron chi connectivity index (χ2n) is 10.8. The minimum atomic E-state index is -0.562. The molecule has 2 unspecified atom stereocenters. The molecule has 3 N–H and O–H groups in total. The fraction of sp³-hybridized carbons (Fsp3) is 0.667. The fourth-order valence-corrected chi connectivity index (χ4v) is 4.75. The molecule has 0 amide bonds. The Morgan fingerprint density at radius 1 is 1.06 bits per heavy atom. The molecule has 186 valence electrons. The lowest BCUT2D eigenvalue weighted by Crippen LogP contribution is -2.32. The molecule has 1 aliphatic carbocycles. The third-order valence-electron chi connectivity index (χ3n) is 7.00. The highest BCUT2D eigenvalue weighted by Gasteiger charge is 2.28. The lowest BCUT2D eigenvalue weighted by atomic mass is 9.81. The molecule has 1 saturated carbocycles. The van der Waals surface area contributed by atoms with Gasteiger partial charge in [0.05, 0.1) is 17.8 Å². The molecule has 33 heavy (non-hydrogen) atoms. The molecule has 0 bridgehead atoms.